The van der Waals surface area contributed by atoms with Crippen LogP contribution in [-0.2, 0) is 11.2 Å². The van der Waals surface area contributed by atoms with Gasteiger partial charge in [-0.3, -0.25) is 4.79 Å². The van der Waals surface area contributed by atoms with E-state index in [4.69, 9.17) is 14.2 Å². The number of H-pyrrole nitrogens is 1. The third kappa shape index (κ3) is 4.01. The maximum atomic E-state index is 13.7. The monoisotopic (exact) mass is 477 g/mol. The number of ether oxygens (including phenoxy) is 3. The molecule has 1 saturated heterocycles. The van der Waals surface area contributed by atoms with E-state index in [1.165, 1.54) is 0 Å². The molecule has 0 unspecified atom stereocenters. The number of hydrogen-bond donors (Lipinski definition) is 1. The SMILES string of the molecule is COc1cc2c(cc1OC)[C@@H](c1cc3ccc(C)c(C)c3[nH]c1=O)N(C(=O)N1CCOCC1)CC2. The van der Waals surface area contributed by atoms with E-state index in [2.05, 4.69) is 11.1 Å². The lowest BCUT2D eigenvalue weighted by Crippen LogP contribution is -2.52. The molecule has 3 aromatic rings. The number of amides is 2. The summed E-state index contributed by atoms with van der Waals surface area (Å²) >= 11 is 0. The number of carbonyl (C=O) groups excluding carboxylic acids is 1. The predicted molar refractivity (Wildman–Crippen MR) is 134 cm³/mol. The van der Waals surface area contributed by atoms with Gasteiger partial charge in [-0.15, -0.1) is 0 Å². The molecule has 0 radical (unpaired) electrons. The molecule has 0 aliphatic carbocycles. The van der Waals surface area contributed by atoms with Crippen LogP contribution in [0.3, 0.4) is 0 Å². The number of nitrogens with one attached hydrogen (secondary N) is 1. The van der Waals surface area contributed by atoms with E-state index in [-0.39, 0.29) is 11.6 Å². The summed E-state index contributed by atoms with van der Waals surface area (Å²) in [5.74, 6) is 1.21. The minimum Gasteiger partial charge on any atom is -0.493 e. The first kappa shape index (κ1) is 23.2. The Morgan fingerprint density at radius 1 is 1.00 bits per heavy atom. The second-order valence-electron chi connectivity index (χ2n) is 9.16. The van der Waals surface area contributed by atoms with Crippen LogP contribution in [0.1, 0.15) is 33.9 Å². The lowest BCUT2D eigenvalue weighted by Gasteiger charge is -2.41. The average Bonchev–Trinajstić information content (AvgIpc) is 2.89. The molecule has 1 fully saturated rings. The first-order valence-corrected chi connectivity index (χ1v) is 11.9. The van der Waals surface area contributed by atoms with Gasteiger partial charge in [0.25, 0.3) is 5.56 Å². The minimum absolute atomic E-state index is 0.0849. The van der Waals surface area contributed by atoms with Crippen molar-refractivity contribution in [2.24, 2.45) is 0 Å². The number of aromatic amines is 1. The lowest BCUT2D eigenvalue weighted by atomic mass is 9.87. The van der Waals surface area contributed by atoms with E-state index in [1.54, 1.807) is 14.2 Å². The summed E-state index contributed by atoms with van der Waals surface area (Å²) < 4.78 is 16.6. The third-order valence-corrected chi connectivity index (χ3v) is 7.28. The van der Waals surface area contributed by atoms with Crippen LogP contribution in [0.5, 0.6) is 11.5 Å². The molecule has 0 saturated carbocycles. The Morgan fingerprint density at radius 3 is 2.43 bits per heavy atom. The number of aryl methyl sites for hydroxylation is 2. The van der Waals surface area contributed by atoms with E-state index in [9.17, 15) is 9.59 Å². The summed E-state index contributed by atoms with van der Waals surface area (Å²) in [6.07, 6.45) is 0.659. The zero-order valence-corrected chi connectivity index (χ0v) is 20.6. The molecule has 8 heteroatoms. The van der Waals surface area contributed by atoms with Gasteiger partial charge in [0.05, 0.1) is 39.0 Å². The number of carbonyl (C=O) groups is 1. The second-order valence-corrected chi connectivity index (χ2v) is 9.16. The van der Waals surface area contributed by atoms with Crippen LogP contribution in [0.2, 0.25) is 0 Å². The van der Waals surface area contributed by atoms with Crippen molar-refractivity contribution in [1.82, 2.24) is 14.8 Å². The standard InChI is InChI=1S/C27H31N3O5/c1-16-5-6-19-13-21(26(31)28-24(19)17(16)2)25-20-15-23(34-4)22(33-3)14-18(20)7-8-30(25)27(32)29-9-11-35-12-10-29/h5-6,13-15,25H,7-12H2,1-4H3,(H,28,31)/t25-/m0/s1. The number of pyridine rings is 1. The molecule has 2 aliphatic rings. The molecule has 1 aromatic heterocycles. The van der Waals surface area contributed by atoms with Crippen molar-refractivity contribution in [3.63, 3.8) is 0 Å². The van der Waals surface area contributed by atoms with Gasteiger partial charge >= 0.3 is 6.03 Å². The van der Waals surface area contributed by atoms with Crippen molar-refractivity contribution in [3.05, 3.63) is 68.5 Å². The number of benzene rings is 2. The third-order valence-electron chi connectivity index (χ3n) is 7.28. The maximum absolute atomic E-state index is 13.7. The molecule has 3 heterocycles. The van der Waals surface area contributed by atoms with Gasteiger partial charge in [-0.05, 0) is 66.1 Å². The van der Waals surface area contributed by atoms with Crippen LogP contribution in [-0.4, -0.2) is 67.9 Å². The second kappa shape index (κ2) is 9.26. The normalized spacial score (nSPS) is 17.9. The van der Waals surface area contributed by atoms with Crippen LogP contribution in [0.4, 0.5) is 4.79 Å². The highest BCUT2D eigenvalue weighted by Gasteiger charge is 2.37. The molecule has 2 amide bonds. The van der Waals surface area contributed by atoms with Crippen LogP contribution in [0, 0.1) is 13.8 Å². The molecule has 8 nitrogen and oxygen atoms in total. The lowest BCUT2D eigenvalue weighted by molar-refractivity contribution is 0.0399. The van der Waals surface area contributed by atoms with Crippen LogP contribution >= 0.6 is 0 Å². The Labute approximate surface area is 204 Å². The molecule has 0 bridgehead atoms. The molecular formula is C27H31N3O5. The Balaban J connectivity index is 1.70. The molecule has 35 heavy (non-hydrogen) atoms. The van der Waals surface area contributed by atoms with Gasteiger partial charge in [0, 0.05) is 25.2 Å². The Bertz CT molecular complexity index is 1340. The summed E-state index contributed by atoms with van der Waals surface area (Å²) in [5, 5.41) is 0.939. The van der Waals surface area contributed by atoms with E-state index < -0.39 is 6.04 Å². The first-order chi connectivity index (χ1) is 16.9. The fourth-order valence-corrected chi connectivity index (χ4v) is 5.17. The largest absolute Gasteiger partial charge is 0.493 e. The number of methoxy groups -OCH3 is 2. The highest BCUT2D eigenvalue weighted by Crippen LogP contribution is 2.41. The van der Waals surface area contributed by atoms with Gasteiger partial charge in [0.1, 0.15) is 0 Å². The van der Waals surface area contributed by atoms with E-state index in [0.717, 1.165) is 33.2 Å². The number of hydrogen-bond acceptors (Lipinski definition) is 5. The molecule has 184 valence electrons. The summed E-state index contributed by atoms with van der Waals surface area (Å²) in [5.41, 5.74) is 5.25. The van der Waals surface area contributed by atoms with Crippen molar-refractivity contribution in [2.45, 2.75) is 26.3 Å². The van der Waals surface area contributed by atoms with E-state index in [1.807, 2.05) is 47.9 Å². The van der Waals surface area contributed by atoms with Gasteiger partial charge in [0.15, 0.2) is 11.5 Å². The minimum atomic E-state index is -0.552. The van der Waals surface area contributed by atoms with Crippen molar-refractivity contribution in [2.75, 3.05) is 47.1 Å². The first-order valence-electron chi connectivity index (χ1n) is 11.9. The fourth-order valence-electron chi connectivity index (χ4n) is 5.17. The molecule has 0 spiro atoms. The van der Waals surface area contributed by atoms with Crippen LogP contribution in [0.15, 0.2) is 35.1 Å². The smallest absolute Gasteiger partial charge is 0.320 e. The highest BCUT2D eigenvalue weighted by atomic mass is 16.5. The summed E-state index contributed by atoms with van der Waals surface area (Å²) in [4.78, 5) is 34.0. The van der Waals surface area contributed by atoms with E-state index >= 15 is 0 Å². The Kier molecular flexibility index (Phi) is 6.15. The number of urea groups is 1. The van der Waals surface area contributed by atoms with Gasteiger partial charge in [-0.1, -0.05) is 12.1 Å². The van der Waals surface area contributed by atoms with Crippen molar-refractivity contribution in [1.29, 1.82) is 0 Å². The number of morpholine rings is 1. The van der Waals surface area contributed by atoms with Gasteiger partial charge < -0.3 is 29.0 Å². The molecular weight excluding hydrogens is 446 g/mol. The van der Waals surface area contributed by atoms with E-state index in [0.29, 0.717) is 56.3 Å². The van der Waals surface area contributed by atoms with Crippen molar-refractivity contribution in [3.8, 4) is 11.5 Å². The van der Waals surface area contributed by atoms with Crippen LogP contribution < -0.4 is 15.0 Å². The predicted octanol–water partition coefficient (Wildman–Crippen LogP) is 3.56. The summed E-state index contributed by atoms with van der Waals surface area (Å²) in [6.45, 7) is 6.63. The molecule has 2 aromatic carbocycles. The molecule has 1 N–H and O–H groups in total. The quantitative estimate of drug-likeness (QED) is 0.624. The van der Waals surface area contributed by atoms with Crippen LogP contribution in [0.25, 0.3) is 10.9 Å². The summed E-state index contributed by atoms with van der Waals surface area (Å²) in [6, 6.07) is 9.23. The highest BCUT2D eigenvalue weighted by molar-refractivity contribution is 5.84. The molecule has 2 aliphatic heterocycles. The number of nitrogens with zero attached hydrogens (tertiary/aromatic N) is 2. The van der Waals surface area contributed by atoms with Crippen molar-refractivity contribution >= 4 is 16.9 Å². The number of aromatic nitrogens is 1. The fraction of sp³-hybridized carbons (Fsp3) is 0.407. The maximum Gasteiger partial charge on any atom is 0.320 e. The van der Waals surface area contributed by atoms with Gasteiger partial charge in [-0.25, -0.2) is 4.79 Å². The number of fused-ring (bicyclic) bond motifs is 2. The molecule has 1 atom stereocenters. The van der Waals surface area contributed by atoms with Gasteiger partial charge in [-0.2, -0.15) is 0 Å². The average molecular weight is 478 g/mol. The van der Waals surface area contributed by atoms with Gasteiger partial charge in [0.2, 0.25) is 0 Å². The zero-order valence-electron chi connectivity index (χ0n) is 20.6. The topological polar surface area (TPSA) is 84.1 Å². The van der Waals surface area contributed by atoms with Crippen molar-refractivity contribution < 1.29 is 19.0 Å². The Morgan fingerprint density at radius 2 is 1.71 bits per heavy atom. The Hall–Kier alpha value is -3.52. The summed E-state index contributed by atoms with van der Waals surface area (Å²) in [7, 11) is 3.20. The molecule has 5 rings (SSSR count). The number of rotatable bonds is 3. The zero-order chi connectivity index (χ0) is 24.7.